The quantitative estimate of drug-likeness (QED) is 0.764. The molecule has 0 amide bonds. The Kier molecular flexibility index (Phi) is 4.55. The van der Waals surface area contributed by atoms with Gasteiger partial charge in [0, 0.05) is 5.41 Å². The van der Waals surface area contributed by atoms with Gasteiger partial charge in [0.25, 0.3) is 0 Å². The predicted molar refractivity (Wildman–Crippen MR) is 95.7 cm³/mol. The average Bonchev–Trinajstić information content (AvgIpc) is 2.58. The minimum Gasteiger partial charge on any atom is -0.494 e. The molecule has 1 aliphatic heterocycles. The lowest BCUT2D eigenvalue weighted by atomic mass is 9.63. The molecule has 24 heavy (non-hydrogen) atoms. The van der Waals surface area contributed by atoms with Gasteiger partial charge in [0.2, 0.25) is 0 Å². The van der Waals surface area contributed by atoms with Gasteiger partial charge in [-0.15, -0.1) is 0 Å². The molecule has 2 aromatic rings. The average molecular weight is 326 g/mol. The van der Waals surface area contributed by atoms with E-state index in [1.165, 1.54) is 0 Å². The van der Waals surface area contributed by atoms with E-state index in [4.69, 9.17) is 14.2 Å². The third-order valence-electron chi connectivity index (χ3n) is 4.75. The largest absolute Gasteiger partial charge is 0.494 e. The second kappa shape index (κ2) is 6.48. The Morgan fingerprint density at radius 1 is 0.792 bits per heavy atom. The predicted octanol–water partition coefficient (Wildman–Crippen LogP) is 4.78. The van der Waals surface area contributed by atoms with Crippen molar-refractivity contribution in [2.75, 3.05) is 19.8 Å². The highest BCUT2D eigenvalue weighted by Gasteiger charge is 2.57. The van der Waals surface area contributed by atoms with Crippen molar-refractivity contribution < 1.29 is 14.2 Å². The number of hydrogen-bond acceptors (Lipinski definition) is 3. The van der Waals surface area contributed by atoms with Crippen LogP contribution in [0.25, 0.3) is 0 Å². The van der Waals surface area contributed by atoms with E-state index < -0.39 is 5.60 Å². The van der Waals surface area contributed by atoms with Crippen LogP contribution < -0.4 is 9.47 Å². The van der Waals surface area contributed by atoms with Crippen molar-refractivity contribution >= 4 is 0 Å². The summed E-state index contributed by atoms with van der Waals surface area (Å²) >= 11 is 0. The summed E-state index contributed by atoms with van der Waals surface area (Å²) in [6.07, 6.45) is 0. The lowest BCUT2D eigenvalue weighted by molar-refractivity contribution is -0.235. The third-order valence-corrected chi connectivity index (χ3v) is 4.75. The van der Waals surface area contributed by atoms with Crippen molar-refractivity contribution in [1.82, 2.24) is 0 Å². The minimum absolute atomic E-state index is 0.0211. The molecule has 1 saturated heterocycles. The molecule has 0 bridgehead atoms. The lowest BCUT2D eigenvalue weighted by Crippen LogP contribution is -2.58. The van der Waals surface area contributed by atoms with Crippen molar-refractivity contribution in [3.63, 3.8) is 0 Å². The number of rotatable bonds is 6. The third kappa shape index (κ3) is 2.67. The first-order chi connectivity index (χ1) is 11.5. The number of hydrogen-bond donors (Lipinski definition) is 0. The molecule has 3 nitrogen and oxygen atoms in total. The minimum atomic E-state index is -0.428. The summed E-state index contributed by atoms with van der Waals surface area (Å²) in [5.74, 6) is 1.78. The molecule has 0 saturated carbocycles. The SMILES string of the molecule is CCOc1ccc(C2(c3ccc(OCC)cc3)OCC2(C)C)cc1. The van der Waals surface area contributed by atoms with Gasteiger partial charge in [-0.05, 0) is 49.2 Å². The van der Waals surface area contributed by atoms with Crippen LogP contribution in [0.4, 0.5) is 0 Å². The molecule has 2 aromatic carbocycles. The maximum Gasteiger partial charge on any atom is 0.125 e. The molecule has 0 spiro atoms. The molecule has 3 heteroatoms. The molecule has 0 atom stereocenters. The maximum absolute atomic E-state index is 6.22. The second-order valence-corrected chi connectivity index (χ2v) is 6.77. The summed E-state index contributed by atoms with van der Waals surface area (Å²) in [5, 5.41) is 0. The van der Waals surface area contributed by atoms with Gasteiger partial charge in [0.05, 0.1) is 19.8 Å². The molecule has 0 unspecified atom stereocenters. The number of ether oxygens (including phenoxy) is 3. The Morgan fingerprint density at radius 2 is 1.21 bits per heavy atom. The smallest absolute Gasteiger partial charge is 0.125 e. The van der Waals surface area contributed by atoms with Gasteiger partial charge in [0.1, 0.15) is 17.1 Å². The van der Waals surface area contributed by atoms with E-state index in [2.05, 4.69) is 38.1 Å². The van der Waals surface area contributed by atoms with Crippen LogP contribution in [0.3, 0.4) is 0 Å². The topological polar surface area (TPSA) is 27.7 Å². The van der Waals surface area contributed by atoms with Crippen LogP contribution in [0.2, 0.25) is 0 Å². The maximum atomic E-state index is 6.22. The van der Waals surface area contributed by atoms with E-state index in [0.717, 1.165) is 29.2 Å². The molecule has 0 N–H and O–H groups in total. The normalized spacial score (nSPS) is 17.8. The Balaban J connectivity index is 1.99. The summed E-state index contributed by atoms with van der Waals surface area (Å²) < 4.78 is 17.4. The zero-order chi connectivity index (χ0) is 17.2. The molecule has 0 aliphatic carbocycles. The Labute approximate surface area is 144 Å². The van der Waals surface area contributed by atoms with Crippen molar-refractivity contribution in [2.24, 2.45) is 5.41 Å². The van der Waals surface area contributed by atoms with Crippen LogP contribution >= 0.6 is 0 Å². The fourth-order valence-corrected chi connectivity index (χ4v) is 3.53. The number of benzene rings is 2. The summed E-state index contributed by atoms with van der Waals surface area (Å²) in [5.41, 5.74) is 1.91. The Hall–Kier alpha value is -2.00. The fraction of sp³-hybridized carbons (Fsp3) is 0.429. The van der Waals surface area contributed by atoms with Crippen molar-refractivity contribution in [2.45, 2.75) is 33.3 Å². The molecule has 1 heterocycles. The van der Waals surface area contributed by atoms with Crippen LogP contribution in [-0.2, 0) is 10.3 Å². The van der Waals surface area contributed by atoms with E-state index in [1.807, 2.05) is 38.1 Å². The van der Waals surface area contributed by atoms with Crippen LogP contribution in [0, 0.1) is 5.41 Å². The fourth-order valence-electron chi connectivity index (χ4n) is 3.53. The standard InChI is InChI=1S/C21H26O3/c1-5-22-18-11-7-16(8-12-18)21(20(3,4)15-24-21)17-9-13-19(14-10-17)23-6-2/h7-14H,5-6,15H2,1-4H3. The summed E-state index contributed by atoms with van der Waals surface area (Å²) in [4.78, 5) is 0. The molecule has 0 radical (unpaired) electrons. The monoisotopic (exact) mass is 326 g/mol. The summed E-state index contributed by atoms with van der Waals surface area (Å²) in [7, 11) is 0. The molecule has 3 rings (SSSR count). The van der Waals surface area contributed by atoms with E-state index in [-0.39, 0.29) is 5.41 Å². The first-order valence-electron chi connectivity index (χ1n) is 8.64. The van der Waals surface area contributed by atoms with Crippen LogP contribution in [0.1, 0.15) is 38.8 Å². The first-order valence-corrected chi connectivity index (χ1v) is 8.64. The van der Waals surface area contributed by atoms with Crippen molar-refractivity contribution in [3.05, 3.63) is 59.7 Å². The molecular formula is C21H26O3. The lowest BCUT2D eigenvalue weighted by Gasteiger charge is -2.56. The highest BCUT2D eigenvalue weighted by Crippen LogP contribution is 2.56. The Morgan fingerprint density at radius 3 is 1.46 bits per heavy atom. The molecule has 128 valence electrons. The highest BCUT2D eigenvalue weighted by molar-refractivity contribution is 5.45. The van der Waals surface area contributed by atoms with Gasteiger partial charge in [0.15, 0.2) is 0 Å². The van der Waals surface area contributed by atoms with Crippen LogP contribution in [0.5, 0.6) is 11.5 Å². The Bertz CT molecular complexity index is 622. The van der Waals surface area contributed by atoms with E-state index in [9.17, 15) is 0 Å². The molecule has 0 aromatic heterocycles. The zero-order valence-electron chi connectivity index (χ0n) is 15.0. The van der Waals surface area contributed by atoms with E-state index in [1.54, 1.807) is 0 Å². The second-order valence-electron chi connectivity index (χ2n) is 6.77. The van der Waals surface area contributed by atoms with Gasteiger partial charge in [-0.2, -0.15) is 0 Å². The molecular weight excluding hydrogens is 300 g/mol. The van der Waals surface area contributed by atoms with Crippen LogP contribution in [0.15, 0.2) is 48.5 Å². The molecule has 1 aliphatic rings. The van der Waals surface area contributed by atoms with Crippen LogP contribution in [-0.4, -0.2) is 19.8 Å². The highest BCUT2D eigenvalue weighted by atomic mass is 16.5. The van der Waals surface area contributed by atoms with E-state index >= 15 is 0 Å². The van der Waals surface area contributed by atoms with Gasteiger partial charge in [-0.25, -0.2) is 0 Å². The summed E-state index contributed by atoms with van der Waals surface area (Å²) in [6, 6.07) is 16.5. The van der Waals surface area contributed by atoms with Gasteiger partial charge < -0.3 is 14.2 Å². The van der Waals surface area contributed by atoms with Crippen molar-refractivity contribution in [1.29, 1.82) is 0 Å². The van der Waals surface area contributed by atoms with E-state index in [0.29, 0.717) is 13.2 Å². The zero-order valence-corrected chi connectivity index (χ0v) is 15.0. The van der Waals surface area contributed by atoms with Gasteiger partial charge in [-0.1, -0.05) is 38.1 Å². The first kappa shape index (κ1) is 16.8. The van der Waals surface area contributed by atoms with Crippen molar-refractivity contribution in [3.8, 4) is 11.5 Å². The summed E-state index contributed by atoms with van der Waals surface area (Å²) in [6.45, 7) is 10.6. The molecule has 1 fully saturated rings. The van der Waals surface area contributed by atoms with Gasteiger partial charge in [-0.3, -0.25) is 0 Å². The van der Waals surface area contributed by atoms with Gasteiger partial charge >= 0.3 is 0 Å².